The molecule has 1 fully saturated rings. The van der Waals surface area contributed by atoms with E-state index in [9.17, 15) is 4.79 Å². The number of aryl methyl sites for hydroxylation is 1. The van der Waals surface area contributed by atoms with Crippen LogP contribution in [0, 0.1) is 6.92 Å². The Bertz CT molecular complexity index is 727. The Balaban J connectivity index is 1.56. The monoisotopic (exact) mass is 374 g/mol. The van der Waals surface area contributed by atoms with E-state index in [0.717, 1.165) is 36.1 Å². The van der Waals surface area contributed by atoms with Crippen molar-refractivity contribution in [2.75, 3.05) is 31.1 Å². The molecule has 1 amide bonds. The lowest BCUT2D eigenvalue weighted by Gasteiger charge is -2.37. The van der Waals surface area contributed by atoms with Gasteiger partial charge in [-0.05, 0) is 49.7 Å². The molecule has 3 nitrogen and oxygen atoms in total. The highest BCUT2D eigenvalue weighted by Crippen LogP contribution is 2.27. The summed E-state index contributed by atoms with van der Waals surface area (Å²) in [4.78, 5) is 18.2. The van der Waals surface area contributed by atoms with Crippen LogP contribution in [0.2, 0.25) is 5.02 Å². The van der Waals surface area contributed by atoms with Crippen LogP contribution in [0.4, 0.5) is 5.69 Å². The molecule has 1 aliphatic rings. The van der Waals surface area contributed by atoms with Gasteiger partial charge in [-0.1, -0.05) is 29.8 Å². The number of para-hydroxylation sites is 1. The Hall–Kier alpha value is -1.65. The van der Waals surface area contributed by atoms with Gasteiger partial charge in [-0.15, -0.1) is 11.8 Å². The fourth-order valence-corrected chi connectivity index (χ4v) is 4.19. The third kappa shape index (κ3) is 4.50. The zero-order valence-electron chi connectivity index (χ0n) is 14.6. The molecule has 3 rings (SSSR count). The lowest BCUT2D eigenvalue weighted by molar-refractivity contribution is -0.130. The number of nitrogens with zero attached hydrogens (tertiary/aromatic N) is 2. The molecule has 0 N–H and O–H groups in total. The van der Waals surface area contributed by atoms with Gasteiger partial charge in [0.15, 0.2) is 0 Å². The molecule has 0 spiro atoms. The van der Waals surface area contributed by atoms with E-state index in [4.69, 9.17) is 11.6 Å². The van der Waals surface area contributed by atoms with Gasteiger partial charge in [-0.3, -0.25) is 4.79 Å². The average Bonchev–Trinajstić information content (AvgIpc) is 2.63. The standard InChI is InChI=1S/C20H23ClN2OS/c1-15-5-3-4-6-19(15)22-11-13-23(14-12-22)20(24)16(2)25-18-9-7-17(21)8-10-18/h3-10,16H,11-14H2,1-2H3. The third-order valence-electron chi connectivity index (χ3n) is 4.52. The molecule has 1 unspecified atom stereocenters. The van der Waals surface area contributed by atoms with Crippen LogP contribution in [-0.2, 0) is 4.79 Å². The number of anilines is 1. The van der Waals surface area contributed by atoms with Gasteiger partial charge in [0.2, 0.25) is 5.91 Å². The number of rotatable bonds is 4. The molecule has 0 aliphatic carbocycles. The molecule has 0 radical (unpaired) electrons. The summed E-state index contributed by atoms with van der Waals surface area (Å²) in [5, 5.41) is 0.627. The van der Waals surface area contributed by atoms with Crippen LogP contribution < -0.4 is 4.90 Å². The first-order valence-corrected chi connectivity index (χ1v) is 9.82. The average molecular weight is 375 g/mol. The minimum Gasteiger partial charge on any atom is -0.368 e. The Morgan fingerprint density at radius 1 is 1.04 bits per heavy atom. The van der Waals surface area contributed by atoms with Gasteiger partial charge < -0.3 is 9.80 Å². The Morgan fingerprint density at radius 3 is 2.32 bits per heavy atom. The van der Waals surface area contributed by atoms with E-state index in [1.165, 1.54) is 11.3 Å². The number of amides is 1. The molecule has 1 saturated heterocycles. The summed E-state index contributed by atoms with van der Waals surface area (Å²) in [5.41, 5.74) is 2.56. The summed E-state index contributed by atoms with van der Waals surface area (Å²) in [6.07, 6.45) is 0. The van der Waals surface area contributed by atoms with Crippen LogP contribution in [0.3, 0.4) is 0 Å². The van der Waals surface area contributed by atoms with Crippen LogP contribution in [0.25, 0.3) is 0 Å². The largest absolute Gasteiger partial charge is 0.368 e. The maximum absolute atomic E-state index is 12.7. The van der Waals surface area contributed by atoms with Crippen molar-refractivity contribution in [2.24, 2.45) is 0 Å². The van der Waals surface area contributed by atoms with Crippen molar-refractivity contribution < 1.29 is 4.79 Å². The van der Waals surface area contributed by atoms with Crippen LogP contribution in [0.5, 0.6) is 0 Å². The molecule has 5 heteroatoms. The van der Waals surface area contributed by atoms with Crippen molar-refractivity contribution in [3.63, 3.8) is 0 Å². The lowest BCUT2D eigenvalue weighted by atomic mass is 10.1. The number of carbonyl (C=O) groups excluding carboxylic acids is 1. The van der Waals surface area contributed by atoms with Crippen molar-refractivity contribution in [2.45, 2.75) is 24.0 Å². The van der Waals surface area contributed by atoms with Gasteiger partial charge in [0.1, 0.15) is 0 Å². The van der Waals surface area contributed by atoms with E-state index in [0.29, 0.717) is 0 Å². The first kappa shape index (κ1) is 18.2. The van der Waals surface area contributed by atoms with E-state index in [2.05, 4.69) is 36.1 Å². The van der Waals surface area contributed by atoms with Crippen molar-refractivity contribution in [3.8, 4) is 0 Å². The highest BCUT2D eigenvalue weighted by atomic mass is 35.5. The maximum Gasteiger partial charge on any atom is 0.235 e. The van der Waals surface area contributed by atoms with Gasteiger partial charge in [0.25, 0.3) is 0 Å². The van der Waals surface area contributed by atoms with Crippen molar-refractivity contribution in [3.05, 3.63) is 59.1 Å². The molecule has 0 bridgehead atoms. The molecule has 1 heterocycles. The first-order valence-electron chi connectivity index (χ1n) is 8.56. The lowest BCUT2D eigenvalue weighted by Crippen LogP contribution is -2.50. The summed E-state index contributed by atoms with van der Waals surface area (Å²) in [7, 11) is 0. The van der Waals surface area contributed by atoms with Gasteiger partial charge in [-0.2, -0.15) is 0 Å². The van der Waals surface area contributed by atoms with E-state index in [1.54, 1.807) is 11.8 Å². The molecular formula is C20H23ClN2OS. The maximum atomic E-state index is 12.7. The summed E-state index contributed by atoms with van der Waals surface area (Å²) in [6.45, 7) is 7.44. The smallest absolute Gasteiger partial charge is 0.235 e. The van der Waals surface area contributed by atoms with Gasteiger partial charge in [0.05, 0.1) is 5.25 Å². The minimum absolute atomic E-state index is 0.0915. The molecule has 2 aromatic carbocycles. The fraction of sp³-hybridized carbons (Fsp3) is 0.350. The molecule has 1 atom stereocenters. The molecule has 0 aromatic heterocycles. The van der Waals surface area contributed by atoms with E-state index < -0.39 is 0 Å². The molecular weight excluding hydrogens is 352 g/mol. The van der Waals surface area contributed by atoms with Crippen molar-refractivity contribution in [1.82, 2.24) is 4.90 Å². The number of thioether (sulfide) groups is 1. The van der Waals surface area contributed by atoms with Gasteiger partial charge in [-0.25, -0.2) is 0 Å². The number of carbonyl (C=O) groups is 1. The van der Waals surface area contributed by atoms with Crippen LogP contribution in [0.1, 0.15) is 12.5 Å². The van der Waals surface area contributed by atoms with Crippen molar-refractivity contribution in [1.29, 1.82) is 0 Å². The second kappa shape index (κ2) is 8.15. The SMILES string of the molecule is Cc1ccccc1N1CCN(C(=O)C(C)Sc2ccc(Cl)cc2)CC1. The van der Waals surface area contributed by atoms with E-state index >= 15 is 0 Å². The summed E-state index contributed by atoms with van der Waals surface area (Å²) >= 11 is 7.51. The molecule has 0 saturated carbocycles. The van der Waals surface area contributed by atoms with E-state index in [1.807, 2.05) is 36.1 Å². The topological polar surface area (TPSA) is 23.6 Å². The van der Waals surface area contributed by atoms with Crippen LogP contribution in [-0.4, -0.2) is 42.2 Å². The quantitative estimate of drug-likeness (QED) is 0.737. The molecule has 132 valence electrons. The third-order valence-corrected chi connectivity index (χ3v) is 5.87. The summed E-state index contributed by atoms with van der Waals surface area (Å²) in [6, 6.07) is 16.1. The zero-order chi connectivity index (χ0) is 17.8. The number of hydrogen-bond donors (Lipinski definition) is 0. The Labute approximate surface area is 159 Å². The Kier molecular flexibility index (Phi) is 5.92. The second-order valence-electron chi connectivity index (χ2n) is 6.31. The zero-order valence-corrected chi connectivity index (χ0v) is 16.2. The molecule has 1 aliphatic heterocycles. The van der Waals surface area contributed by atoms with Crippen LogP contribution >= 0.6 is 23.4 Å². The van der Waals surface area contributed by atoms with Gasteiger partial charge in [0, 0.05) is 41.8 Å². The number of benzene rings is 2. The van der Waals surface area contributed by atoms with Crippen LogP contribution in [0.15, 0.2) is 53.4 Å². The minimum atomic E-state index is -0.0915. The van der Waals surface area contributed by atoms with E-state index in [-0.39, 0.29) is 11.2 Å². The number of halogens is 1. The predicted octanol–water partition coefficient (Wildman–Crippen LogP) is 4.48. The summed E-state index contributed by atoms with van der Waals surface area (Å²) < 4.78 is 0. The second-order valence-corrected chi connectivity index (χ2v) is 8.16. The highest BCUT2D eigenvalue weighted by Gasteiger charge is 2.26. The summed E-state index contributed by atoms with van der Waals surface area (Å²) in [5.74, 6) is 0.212. The fourth-order valence-electron chi connectivity index (χ4n) is 3.11. The molecule has 25 heavy (non-hydrogen) atoms. The first-order chi connectivity index (χ1) is 12.0. The predicted molar refractivity (Wildman–Crippen MR) is 107 cm³/mol. The normalized spacial score (nSPS) is 16.0. The molecule has 2 aromatic rings. The van der Waals surface area contributed by atoms with Gasteiger partial charge >= 0.3 is 0 Å². The number of piperazine rings is 1. The van der Waals surface area contributed by atoms with Crippen molar-refractivity contribution >= 4 is 35.0 Å². The highest BCUT2D eigenvalue weighted by molar-refractivity contribution is 8.00. The Morgan fingerprint density at radius 2 is 1.68 bits per heavy atom. The number of hydrogen-bond acceptors (Lipinski definition) is 3.